The highest BCUT2D eigenvalue weighted by molar-refractivity contribution is 5.83. The Bertz CT molecular complexity index is 565. The van der Waals surface area contributed by atoms with Gasteiger partial charge in [0.15, 0.2) is 6.29 Å². The molecule has 0 radical (unpaired) electrons. The first-order chi connectivity index (χ1) is 10.0. The third kappa shape index (κ3) is 3.56. The molecule has 112 valence electrons. The van der Waals surface area contributed by atoms with Crippen LogP contribution >= 0.6 is 0 Å². The van der Waals surface area contributed by atoms with Crippen molar-refractivity contribution in [3.05, 3.63) is 33.9 Å². The summed E-state index contributed by atoms with van der Waals surface area (Å²) in [5.41, 5.74) is 5.89. The summed E-state index contributed by atoms with van der Waals surface area (Å²) in [5, 5.41) is 10.8. The number of hydrogen-bond acceptors (Lipinski definition) is 5. The quantitative estimate of drug-likeness (QED) is 0.502. The van der Waals surface area contributed by atoms with Crippen LogP contribution in [0.3, 0.4) is 0 Å². The normalized spacial score (nSPS) is 15.7. The smallest absolute Gasteiger partial charge is 0.280 e. The van der Waals surface area contributed by atoms with Gasteiger partial charge in [-0.25, -0.2) is 0 Å². The van der Waals surface area contributed by atoms with Crippen LogP contribution in [0.5, 0.6) is 0 Å². The number of hydrogen-bond donors (Lipinski definition) is 1. The summed E-state index contributed by atoms with van der Waals surface area (Å²) in [6, 6.07) is 4.55. The van der Waals surface area contributed by atoms with Gasteiger partial charge in [-0.05, 0) is 30.9 Å². The van der Waals surface area contributed by atoms with E-state index in [4.69, 9.17) is 5.73 Å². The van der Waals surface area contributed by atoms with E-state index in [1.807, 2.05) is 0 Å². The van der Waals surface area contributed by atoms with Crippen molar-refractivity contribution in [2.75, 3.05) is 18.0 Å². The molecule has 1 aliphatic rings. The average molecular weight is 291 g/mol. The van der Waals surface area contributed by atoms with Crippen molar-refractivity contribution in [2.24, 2.45) is 11.7 Å². The largest absolute Gasteiger partial charge is 0.371 e. The predicted octanol–water partition coefficient (Wildman–Crippen LogP) is 1.50. The van der Waals surface area contributed by atoms with E-state index in [9.17, 15) is 19.7 Å². The predicted molar refractivity (Wildman–Crippen MR) is 77.2 cm³/mol. The number of amides is 1. The zero-order chi connectivity index (χ0) is 15.4. The van der Waals surface area contributed by atoms with E-state index in [0.717, 1.165) is 31.6 Å². The Balaban J connectivity index is 2.08. The van der Waals surface area contributed by atoms with Gasteiger partial charge in [0.2, 0.25) is 5.91 Å². The number of carbonyl (C=O) groups excluding carboxylic acids is 2. The van der Waals surface area contributed by atoms with Crippen LogP contribution in [0.1, 0.15) is 29.6 Å². The second kappa shape index (κ2) is 6.34. The first kappa shape index (κ1) is 15.0. The number of nitro groups is 1. The molecule has 1 aromatic carbocycles. The van der Waals surface area contributed by atoms with E-state index in [0.29, 0.717) is 18.6 Å². The number of rotatable bonds is 5. The molecule has 1 heterocycles. The second-order valence-electron chi connectivity index (χ2n) is 5.22. The molecule has 0 atom stereocenters. The molecule has 21 heavy (non-hydrogen) atoms. The Hall–Kier alpha value is -2.44. The van der Waals surface area contributed by atoms with Crippen molar-refractivity contribution in [1.29, 1.82) is 0 Å². The first-order valence-electron chi connectivity index (χ1n) is 6.78. The number of aldehydes is 1. The minimum atomic E-state index is -0.563. The van der Waals surface area contributed by atoms with Crippen LogP contribution in [0.25, 0.3) is 0 Å². The minimum Gasteiger partial charge on any atom is -0.371 e. The molecule has 1 fully saturated rings. The summed E-state index contributed by atoms with van der Waals surface area (Å²) in [6.07, 6.45) is 2.59. The summed E-state index contributed by atoms with van der Waals surface area (Å²) in [5.74, 6) is 0.00867. The molecule has 0 aliphatic carbocycles. The Kier molecular flexibility index (Phi) is 4.52. The van der Waals surface area contributed by atoms with E-state index in [1.165, 1.54) is 6.07 Å². The van der Waals surface area contributed by atoms with Crippen molar-refractivity contribution < 1.29 is 14.5 Å². The Morgan fingerprint density at radius 3 is 2.62 bits per heavy atom. The Morgan fingerprint density at radius 1 is 1.43 bits per heavy atom. The van der Waals surface area contributed by atoms with Gasteiger partial charge in [-0.15, -0.1) is 0 Å². The lowest BCUT2D eigenvalue weighted by Crippen LogP contribution is -2.35. The summed E-state index contributed by atoms with van der Waals surface area (Å²) in [6.45, 7) is 1.49. The van der Waals surface area contributed by atoms with Gasteiger partial charge in [0.1, 0.15) is 0 Å². The number of piperidine rings is 1. The molecule has 1 amide bonds. The zero-order valence-corrected chi connectivity index (χ0v) is 11.5. The number of nitrogens with two attached hydrogens (primary N) is 1. The average Bonchev–Trinajstić information content (AvgIpc) is 2.46. The van der Waals surface area contributed by atoms with Gasteiger partial charge in [0, 0.05) is 31.3 Å². The third-order valence-electron chi connectivity index (χ3n) is 3.80. The number of anilines is 1. The minimum absolute atomic E-state index is 0.0803. The molecule has 0 bridgehead atoms. The highest BCUT2D eigenvalue weighted by Gasteiger charge is 2.22. The monoisotopic (exact) mass is 291 g/mol. The lowest BCUT2D eigenvalue weighted by molar-refractivity contribution is -0.385. The summed E-state index contributed by atoms with van der Waals surface area (Å²) < 4.78 is 0. The molecular formula is C14H17N3O4. The van der Waals surface area contributed by atoms with Gasteiger partial charge >= 0.3 is 0 Å². The maximum absolute atomic E-state index is 11.0. The molecule has 7 nitrogen and oxygen atoms in total. The molecule has 2 rings (SSSR count). The number of carbonyl (C=O) groups is 2. The molecule has 2 N–H and O–H groups in total. The van der Waals surface area contributed by atoms with Crippen LogP contribution in [0, 0.1) is 16.0 Å². The van der Waals surface area contributed by atoms with Crippen molar-refractivity contribution in [3.63, 3.8) is 0 Å². The lowest BCUT2D eigenvalue weighted by Gasteiger charge is -2.33. The topological polar surface area (TPSA) is 107 Å². The summed E-state index contributed by atoms with van der Waals surface area (Å²) in [4.78, 5) is 34.2. The van der Waals surface area contributed by atoms with Crippen LogP contribution in [-0.4, -0.2) is 30.2 Å². The van der Waals surface area contributed by atoms with Gasteiger partial charge in [0.25, 0.3) is 5.69 Å². The van der Waals surface area contributed by atoms with Crippen LogP contribution < -0.4 is 10.6 Å². The van der Waals surface area contributed by atoms with Crippen molar-refractivity contribution in [3.8, 4) is 0 Å². The number of benzene rings is 1. The maximum Gasteiger partial charge on any atom is 0.280 e. The van der Waals surface area contributed by atoms with Crippen molar-refractivity contribution in [2.45, 2.75) is 19.3 Å². The molecule has 0 saturated carbocycles. The fourth-order valence-corrected chi connectivity index (χ4v) is 2.68. The molecule has 0 spiro atoms. The number of nitrogens with zero attached hydrogens (tertiary/aromatic N) is 2. The fourth-order valence-electron chi connectivity index (χ4n) is 2.68. The first-order valence-corrected chi connectivity index (χ1v) is 6.78. The summed E-state index contributed by atoms with van der Waals surface area (Å²) in [7, 11) is 0. The van der Waals surface area contributed by atoms with Crippen LogP contribution in [-0.2, 0) is 4.79 Å². The Morgan fingerprint density at radius 2 is 2.10 bits per heavy atom. The van der Waals surface area contributed by atoms with E-state index >= 15 is 0 Å². The highest BCUT2D eigenvalue weighted by Crippen LogP contribution is 2.28. The number of primary amides is 1. The molecule has 7 heteroatoms. The fraction of sp³-hybridized carbons (Fsp3) is 0.429. The maximum atomic E-state index is 11.0. The molecule has 1 saturated heterocycles. The van der Waals surface area contributed by atoms with Gasteiger partial charge in [-0.1, -0.05) is 0 Å². The zero-order valence-electron chi connectivity index (χ0n) is 11.5. The van der Waals surface area contributed by atoms with Crippen LogP contribution in [0.4, 0.5) is 11.4 Å². The van der Waals surface area contributed by atoms with E-state index in [-0.39, 0.29) is 17.2 Å². The van der Waals surface area contributed by atoms with Gasteiger partial charge in [-0.2, -0.15) is 0 Å². The van der Waals surface area contributed by atoms with Crippen LogP contribution in [0.2, 0.25) is 0 Å². The van der Waals surface area contributed by atoms with Gasteiger partial charge < -0.3 is 10.6 Å². The molecule has 1 aromatic rings. The lowest BCUT2D eigenvalue weighted by atomic mass is 9.93. The Labute approximate surface area is 121 Å². The molecular weight excluding hydrogens is 274 g/mol. The standard InChI is InChI=1S/C14H17N3O4/c15-14(19)7-10-3-5-16(6-4-10)12-1-2-13(17(20)21)11(8-12)9-18/h1-2,8-10H,3-7H2,(H2,15,19). The van der Waals surface area contributed by atoms with Gasteiger partial charge in [-0.3, -0.25) is 19.7 Å². The van der Waals surface area contributed by atoms with Crippen molar-refractivity contribution in [1.82, 2.24) is 0 Å². The number of nitro benzene ring substituents is 1. The van der Waals surface area contributed by atoms with Gasteiger partial charge in [0.05, 0.1) is 10.5 Å². The summed E-state index contributed by atoms with van der Waals surface area (Å²) >= 11 is 0. The SMILES string of the molecule is NC(=O)CC1CCN(c2ccc([N+](=O)[O-])c(C=O)c2)CC1. The molecule has 0 unspecified atom stereocenters. The third-order valence-corrected chi connectivity index (χ3v) is 3.80. The van der Waals surface area contributed by atoms with E-state index < -0.39 is 4.92 Å². The van der Waals surface area contributed by atoms with E-state index in [1.54, 1.807) is 12.1 Å². The molecule has 0 aromatic heterocycles. The van der Waals surface area contributed by atoms with E-state index in [2.05, 4.69) is 4.90 Å². The highest BCUT2D eigenvalue weighted by atomic mass is 16.6. The molecule has 1 aliphatic heterocycles. The second-order valence-corrected chi connectivity index (χ2v) is 5.22. The van der Waals surface area contributed by atoms with Crippen LogP contribution in [0.15, 0.2) is 18.2 Å². The van der Waals surface area contributed by atoms with Crippen molar-refractivity contribution >= 4 is 23.6 Å².